The number of rotatable bonds is 10. The van der Waals surface area contributed by atoms with E-state index in [-0.39, 0.29) is 0 Å². The molecule has 0 aromatic rings. The molecule has 15 heavy (non-hydrogen) atoms. The topological polar surface area (TPSA) is 30.5 Å². The van der Waals surface area contributed by atoms with Crippen molar-refractivity contribution in [3.05, 3.63) is 24.7 Å². The standard InChI is InChI=1S/C12H23NO2/c1-3-5-9-14-11-7-13-8-12-15-10-6-4-2/h5-6,9-10,13H,3-4,7-8,11-12H2,1-2H3. The fraction of sp³-hybridized carbons (Fsp3) is 0.667. The summed E-state index contributed by atoms with van der Waals surface area (Å²) in [6, 6.07) is 0. The zero-order chi connectivity index (χ0) is 11.2. The molecule has 0 saturated carbocycles. The lowest BCUT2D eigenvalue weighted by Crippen LogP contribution is -2.22. The minimum atomic E-state index is 0.710. The van der Waals surface area contributed by atoms with Crippen LogP contribution in [-0.2, 0) is 9.47 Å². The van der Waals surface area contributed by atoms with Crippen LogP contribution >= 0.6 is 0 Å². The second-order valence-electron chi connectivity index (χ2n) is 3.05. The van der Waals surface area contributed by atoms with Crippen molar-refractivity contribution in [1.29, 1.82) is 0 Å². The Morgan fingerprint density at radius 2 is 1.33 bits per heavy atom. The quantitative estimate of drug-likeness (QED) is 0.446. The lowest BCUT2D eigenvalue weighted by Gasteiger charge is -2.04. The third kappa shape index (κ3) is 13.0. The molecule has 0 saturated heterocycles. The van der Waals surface area contributed by atoms with Gasteiger partial charge in [-0.05, 0) is 12.8 Å². The van der Waals surface area contributed by atoms with E-state index in [1.807, 2.05) is 12.2 Å². The first-order valence-electron chi connectivity index (χ1n) is 5.65. The molecule has 0 aromatic heterocycles. The first-order valence-corrected chi connectivity index (χ1v) is 5.65. The molecule has 88 valence electrons. The van der Waals surface area contributed by atoms with Gasteiger partial charge in [0.2, 0.25) is 0 Å². The van der Waals surface area contributed by atoms with Crippen LogP contribution in [0, 0.1) is 0 Å². The summed E-state index contributed by atoms with van der Waals surface area (Å²) >= 11 is 0. The summed E-state index contributed by atoms with van der Waals surface area (Å²) in [6.07, 6.45) is 9.54. The molecule has 0 spiro atoms. The SMILES string of the molecule is CCC=COCCNCCOC=CCC. The van der Waals surface area contributed by atoms with Crippen molar-refractivity contribution in [3.8, 4) is 0 Å². The normalized spacial score (nSPS) is 11.3. The largest absolute Gasteiger partial charge is 0.500 e. The van der Waals surface area contributed by atoms with E-state index < -0.39 is 0 Å². The van der Waals surface area contributed by atoms with Crippen molar-refractivity contribution in [3.63, 3.8) is 0 Å². The number of ether oxygens (including phenoxy) is 2. The van der Waals surface area contributed by atoms with E-state index >= 15 is 0 Å². The van der Waals surface area contributed by atoms with Gasteiger partial charge in [0.1, 0.15) is 0 Å². The molecule has 0 rings (SSSR count). The van der Waals surface area contributed by atoms with E-state index in [4.69, 9.17) is 9.47 Å². The Morgan fingerprint density at radius 3 is 1.73 bits per heavy atom. The van der Waals surface area contributed by atoms with E-state index in [9.17, 15) is 0 Å². The Labute approximate surface area is 93.2 Å². The Hall–Kier alpha value is -0.960. The molecule has 0 radical (unpaired) electrons. The van der Waals surface area contributed by atoms with Gasteiger partial charge >= 0.3 is 0 Å². The smallest absolute Gasteiger partial charge is 0.0997 e. The van der Waals surface area contributed by atoms with Gasteiger partial charge in [-0.2, -0.15) is 0 Å². The molecule has 0 aliphatic rings. The highest BCUT2D eigenvalue weighted by Gasteiger charge is 1.86. The second kappa shape index (κ2) is 13.0. The van der Waals surface area contributed by atoms with E-state index in [1.165, 1.54) is 0 Å². The zero-order valence-corrected chi connectivity index (χ0v) is 9.87. The van der Waals surface area contributed by atoms with E-state index in [2.05, 4.69) is 19.2 Å². The minimum absolute atomic E-state index is 0.710. The highest BCUT2D eigenvalue weighted by atomic mass is 16.5. The molecule has 3 heteroatoms. The fourth-order valence-corrected chi connectivity index (χ4v) is 0.852. The maximum absolute atomic E-state index is 5.22. The number of nitrogens with one attached hydrogen (secondary N) is 1. The second-order valence-corrected chi connectivity index (χ2v) is 3.05. The van der Waals surface area contributed by atoms with Crippen molar-refractivity contribution in [1.82, 2.24) is 5.32 Å². The molecule has 0 atom stereocenters. The Balaban J connectivity index is 2.98. The summed E-state index contributed by atoms with van der Waals surface area (Å²) in [5.41, 5.74) is 0. The van der Waals surface area contributed by atoms with Crippen LogP contribution in [0.2, 0.25) is 0 Å². The van der Waals surface area contributed by atoms with Crippen molar-refractivity contribution < 1.29 is 9.47 Å². The molecule has 1 N–H and O–H groups in total. The van der Waals surface area contributed by atoms with Crippen molar-refractivity contribution in [2.24, 2.45) is 0 Å². The van der Waals surface area contributed by atoms with Gasteiger partial charge in [-0.25, -0.2) is 0 Å². The number of hydrogen-bond acceptors (Lipinski definition) is 3. The summed E-state index contributed by atoms with van der Waals surface area (Å²) < 4.78 is 10.4. The summed E-state index contributed by atoms with van der Waals surface area (Å²) in [5, 5.41) is 3.22. The monoisotopic (exact) mass is 213 g/mol. The van der Waals surface area contributed by atoms with Crippen LogP contribution in [0.1, 0.15) is 26.7 Å². The predicted molar refractivity (Wildman–Crippen MR) is 63.6 cm³/mol. The minimum Gasteiger partial charge on any atom is -0.500 e. The zero-order valence-electron chi connectivity index (χ0n) is 9.87. The van der Waals surface area contributed by atoms with E-state index in [1.54, 1.807) is 12.5 Å². The molecule has 0 aromatic carbocycles. The van der Waals surface area contributed by atoms with Crippen LogP contribution < -0.4 is 5.32 Å². The van der Waals surface area contributed by atoms with Crippen molar-refractivity contribution in [2.45, 2.75) is 26.7 Å². The third-order valence-electron chi connectivity index (χ3n) is 1.65. The molecule has 0 amide bonds. The average molecular weight is 213 g/mol. The Kier molecular flexibility index (Phi) is 12.2. The molecular weight excluding hydrogens is 190 g/mol. The third-order valence-corrected chi connectivity index (χ3v) is 1.65. The molecule has 0 unspecified atom stereocenters. The van der Waals surface area contributed by atoms with Crippen LogP contribution in [0.5, 0.6) is 0 Å². The van der Waals surface area contributed by atoms with Gasteiger partial charge in [-0.3, -0.25) is 0 Å². The van der Waals surface area contributed by atoms with Gasteiger partial charge in [-0.15, -0.1) is 0 Å². The molecule has 3 nitrogen and oxygen atoms in total. The van der Waals surface area contributed by atoms with Gasteiger partial charge in [0.15, 0.2) is 0 Å². The summed E-state index contributed by atoms with van der Waals surface area (Å²) in [4.78, 5) is 0. The number of allylic oxidation sites excluding steroid dienone is 2. The Bertz CT molecular complexity index is 149. The molecule has 0 fully saturated rings. The maximum Gasteiger partial charge on any atom is 0.0997 e. The fourth-order valence-electron chi connectivity index (χ4n) is 0.852. The first-order chi connectivity index (χ1) is 7.41. The van der Waals surface area contributed by atoms with Gasteiger partial charge in [0, 0.05) is 13.1 Å². The summed E-state index contributed by atoms with van der Waals surface area (Å²) in [5.74, 6) is 0. The lowest BCUT2D eigenvalue weighted by molar-refractivity contribution is 0.226. The van der Waals surface area contributed by atoms with E-state index in [0.29, 0.717) is 13.2 Å². The van der Waals surface area contributed by atoms with Gasteiger partial charge in [-0.1, -0.05) is 26.0 Å². The Morgan fingerprint density at radius 1 is 0.867 bits per heavy atom. The predicted octanol–water partition coefficient (Wildman–Crippen LogP) is 2.46. The summed E-state index contributed by atoms with van der Waals surface area (Å²) in [7, 11) is 0. The van der Waals surface area contributed by atoms with Crippen LogP contribution in [0.25, 0.3) is 0 Å². The maximum atomic E-state index is 5.22. The van der Waals surface area contributed by atoms with Gasteiger partial charge in [0.25, 0.3) is 0 Å². The molecule has 0 bridgehead atoms. The molecule has 0 aliphatic carbocycles. The van der Waals surface area contributed by atoms with Gasteiger partial charge in [0.05, 0.1) is 25.7 Å². The molecule has 0 heterocycles. The summed E-state index contributed by atoms with van der Waals surface area (Å²) in [6.45, 7) is 7.30. The highest BCUT2D eigenvalue weighted by Crippen LogP contribution is 1.82. The lowest BCUT2D eigenvalue weighted by atomic mass is 10.5. The van der Waals surface area contributed by atoms with Crippen LogP contribution in [0.3, 0.4) is 0 Å². The number of hydrogen-bond donors (Lipinski definition) is 1. The highest BCUT2D eigenvalue weighted by molar-refractivity contribution is 4.71. The average Bonchev–Trinajstić information content (AvgIpc) is 2.26. The van der Waals surface area contributed by atoms with Gasteiger partial charge < -0.3 is 14.8 Å². The molecule has 0 aliphatic heterocycles. The van der Waals surface area contributed by atoms with Crippen molar-refractivity contribution in [2.75, 3.05) is 26.3 Å². The van der Waals surface area contributed by atoms with Crippen LogP contribution in [0.4, 0.5) is 0 Å². The van der Waals surface area contributed by atoms with E-state index in [0.717, 1.165) is 25.9 Å². The first kappa shape index (κ1) is 14.0. The molecular formula is C12H23NO2. The van der Waals surface area contributed by atoms with Crippen LogP contribution in [0.15, 0.2) is 24.7 Å². The van der Waals surface area contributed by atoms with Crippen molar-refractivity contribution >= 4 is 0 Å². The van der Waals surface area contributed by atoms with Crippen LogP contribution in [-0.4, -0.2) is 26.3 Å².